The van der Waals surface area contributed by atoms with Gasteiger partial charge >= 0.3 is 11.9 Å². The second-order valence-electron chi connectivity index (χ2n) is 5.79. The number of carbonyl (C=O) groups is 3. The van der Waals surface area contributed by atoms with Gasteiger partial charge in [-0.2, -0.15) is 0 Å². The summed E-state index contributed by atoms with van der Waals surface area (Å²) >= 11 is 2.73. The highest BCUT2D eigenvalue weighted by Crippen LogP contribution is 2.31. The van der Waals surface area contributed by atoms with Crippen LogP contribution in [0.5, 0.6) is 5.75 Å². The fraction of sp³-hybridized carbons (Fsp3) is 0.353. The van der Waals surface area contributed by atoms with Crippen molar-refractivity contribution in [2.45, 2.75) is 18.9 Å². The molecule has 3 rings (SSSR count). The third kappa shape index (κ3) is 4.90. The molecule has 2 heterocycles. The topological polar surface area (TPSA) is 118 Å². The van der Waals surface area contributed by atoms with Crippen LogP contribution >= 0.6 is 23.1 Å². The average molecular weight is 407 g/mol. The summed E-state index contributed by atoms with van der Waals surface area (Å²) in [6.45, 7) is 0.230. The zero-order valence-electron chi connectivity index (χ0n) is 14.4. The van der Waals surface area contributed by atoms with Gasteiger partial charge in [0.1, 0.15) is 21.6 Å². The number of thioether (sulfide) groups is 1. The summed E-state index contributed by atoms with van der Waals surface area (Å²) < 4.78 is 6.10. The SMILES string of the molecule is CNCC(=O)CCC(=O)Oc1ccc2nc(C3=NC(C(=O)O)CS3)sc2c1. The number of esters is 1. The maximum Gasteiger partial charge on any atom is 0.329 e. The lowest BCUT2D eigenvalue weighted by atomic mass is 10.2. The molecule has 1 aliphatic rings. The molecule has 1 atom stereocenters. The van der Waals surface area contributed by atoms with Crippen LogP contribution in [-0.2, 0) is 14.4 Å². The van der Waals surface area contributed by atoms with Gasteiger partial charge in [0.25, 0.3) is 0 Å². The molecule has 1 aromatic carbocycles. The Bertz CT molecular complexity index is 924. The highest BCUT2D eigenvalue weighted by Gasteiger charge is 2.26. The van der Waals surface area contributed by atoms with E-state index in [4.69, 9.17) is 9.84 Å². The number of aliphatic carboxylic acids is 1. The fourth-order valence-electron chi connectivity index (χ4n) is 2.39. The minimum atomic E-state index is -0.944. The first-order valence-electron chi connectivity index (χ1n) is 8.17. The van der Waals surface area contributed by atoms with E-state index in [0.29, 0.717) is 21.6 Å². The lowest BCUT2D eigenvalue weighted by molar-refractivity contribution is -0.138. The van der Waals surface area contributed by atoms with Crippen LogP contribution in [0.4, 0.5) is 0 Å². The summed E-state index contributed by atoms with van der Waals surface area (Å²) in [5, 5.41) is 13.0. The normalized spacial score (nSPS) is 16.3. The van der Waals surface area contributed by atoms with Crippen LogP contribution in [0.3, 0.4) is 0 Å². The van der Waals surface area contributed by atoms with Gasteiger partial charge in [0.15, 0.2) is 6.04 Å². The molecule has 8 nitrogen and oxygen atoms in total. The Labute approximate surface area is 163 Å². The van der Waals surface area contributed by atoms with E-state index in [9.17, 15) is 14.4 Å². The van der Waals surface area contributed by atoms with Crippen molar-refractivity contribution in [3.8, 4) is 5.75 Å². The van der Waals surface area contributed by atoms with E-state index in [2.05, 4.69) is 15.3 Å². The average Bonchev–Trinajstić information content (AvgIpc) is 3.26. The number of hydrogen-bond acceptors (Lipinski definition) is 9. The number of rotatable bonds is 8. The monoisotopic (exact) mass is 407 g/mol. The van der Waals surface area contributed by atoms with Crippen LogP contribution in [-0.4, -0.2) is 58.2 Å². The Morgan fingerprint density at radius 3 is 2.85 bits per heavy atom. The van der Waals surface area contributed by atoms with E-state index < -0.39 is 18.0 Å². The van der Waals surface area contributed by atoms with Crippen molar-refractivity contribution in [2.24, 2.45) is 4.99 Å². The number of aliphatic imine (C=N–C) groups is 1. The number of ether oxygens (including phenoxy) is 1. The number of fused-ring (bicyclic) bond motifs is 1. The molecule has 2 N–H and O–H groups in total. The van der Waals surface area contributed by atoms with Crippen molar-refractivity contribution < 1.29 is 24.2 Å². The Morgan fingerprint density at radius 2 is 2.15 bits per heavy atom. The molecule has 10 heteroatoms. The van der Waals surface area contributed by atoms with Crippen molar-refractivity contribution >= 4 is 56.1 Å². The molecule has 1 unspecified atom stereocenters. The van der Waals surface area contributed by atoms with E-state index in [1.807, 2.05) is 0 Å². The van der Waals surface area contributed by atoms with Crippen molar-refractivity contribution in [3.05, 3.63) is 23.2 Å². The number of likely N-dealkylation sites (N-methyl/N-ethyl adjacent to an activating group) is 1. The smallest absolute Gasteiger partial charge is 0.329 e. The molecule has 0 saturated carbocycles. The molecular weight excluding hydrogens is 390 g/mol. The number of carboxylic acid groups (broad SMARTS) is 1. The van der Waals surface area contributed by atoms with Crippen molar-refractivity contribution in [1.82, 2.24) is 10.3 Å². The summed E-state index contributed by atoms with van der Waals surface area (Å²) in [7, 11) is 1.67. The zero-order chi connectivity index (χ0) is 19.4. The molecule has 2 aromatic rings. The molecule has 0 saturated heterocycles. The van der Waals surface area contributed by atoms with Gasteiger partial charge in [0.05, 0.1) is 23.2 Å². The van der Waals surface area contributed by atoms with Gasteiger partial charge in [-0.25, -0.2) is 9.78 Å². The first-order valence-corrected chi connectivity index (χ1v) is 9.98. The third-order valence-electron chi connectivity index (χ3n) is 3.69. The first-order chi connectivity index (χ1) is 13.0. The number of carbonyl (C=O) groups excluding carboxylic acids is 2. The molecule has 27 heavy (non-hydrogen) atoms. The molecule has 0 aliphatic carbocycles. The standard InChI is InChI=1S/C17H17N3O5S2/c1-18-7-9(21)2-5-14(22)25-10-3-4-11-13(6-10)27-16(19-11)15-20-12(8-26-15)17(23)24/h3-4,6,12,18H,2,5,7-8H2,1H3,(H,23,24). The lowest BCUT2D eigenvalue weighted by Crippen LogP contribution is -2.20. The number of benzene rings is 1. The molecule has 0 bridgehead atoms. The molecule has 1 aliphatic heterocycles. The Kier molecular flexibility index (Phi) is 6.19. The number of ketones is 1. The number of hydrogen-bond donors (Lipinski definition) is 2. The first kappa shape index (κ1) is 19.5. The number of aromatic nitrogens is 1. The van der Waals surface area contributed by atoms with E-state index in [1.54, 1.807) is 25.2 Å². The molecular formula is C17H17N3O5S2. The highest BCUT2D eigenvalue weighted by molar-refractivity contribution is 8.15. The second-order valence-corrected chi connectivity index (χ2v) is 7.83. The van der Waals surface area contributed by atoms with Crippen molar-refractivity contribution in [3.63, 3.8) is 0 Å². The van der Waals surface area contributed by atoms with Gasteiger partial charge in [-0.1, -0.05) is 0 Å². The zero-order valence-corrected chi connectivity index (χ0v) is 16.1. The van der Waals surface area contributed by atoms with E-state index in [-0.39, 0.29) is 25.2 Å². The summed E-state index contributed by atoms with van der Waals surface area (Å²) in [6.07, 6.45) is 0.158. The van der Waals surface area contributed by atoms with Crippen LogP contribution in [0.1, 0.15) is 17.8 Å². The van der Waals surface area contributed by atoms with Crippen LogP contribution in [0.15, 0.2) is 23.2 Å². The highest BCUT2D eigenvalue weighted by atomic mass is 32.2. The number of nitrogens with zero attached hydrogens (tertiary/aromatic N) is 2. The Hall–Kier alpha value is -2.30. The Balaban J connectivity index is 1.67. The summed E-state index contributed by atoms with van der Waals surface area (Å²) in [5.74, 6) is -0.681. The molecule has 0 spiro atoms. The molecule has 0 amide bonds. The summed E-state index contributed by atoms with van der Waals surface area (Å²) in [5.41, 5.74) is 0.723. The predicted molar refractivity (Wildman–Crippen MR) is 104 cm³/mol. The minimum absolute atomic E-state index is 0.0243. The van der Waals surface area contributed by atoms with E-state index >= 15 is 0 Å². The van der Waals surface area contributed by atoms with Crippen molar-refractivity contribution in [2.75, 3.05) is 19.3 Å². The quantitative estimate of drug-likeness (QED) is 0.502. The molecule has 0 radical (unpaired) electrons. The van der Waals surface area contributed by atoms with Gasteiger partial charge < -0.3 is 15.2 Å². The number of nitrogens with one attached hydrogen (secondary N) is 1. The molecule has 0 fully saturated rings. The predicted octanol–water partition coefficient (Wildman–Crippen LogP) is 1.72. The number of thiazole rings is 1. The summed E-state index contributed by atoms with van der Waals surface area (Å²) in [6, 6.07) is 4.35. The third-order valence-corrected chi connectivity index (χ3v) is 5.90. The van der Waals surface area contributed by atoms with Crippen LogP contribution in [0.2, 0.25) is 0 Å². The second kappa shape index (κ2) is 8.59. The van der Waals surface area contributed by atoms with Crippen LogP contribution in [0.25, 0.3) is 10.2 Å². The maximum atomic E-state index is 11.9. The van der Waals surface area contributed by atoms with E-state index in [1.165, 1.54) is 23.1 Å². The van der Waals surface area contributed by atoms with Gasteiger partial charge in [0.2, 0.25) is 0 Å². The van der Waals surface area contributed by atoms with Crippen molar-refractivity contribution in [1.29, 1.82) is 0 Å². The lowest BCUT2D eigenvalue weighted by Gasteiger charge is -2.04. The largest absolute Gasteiger partial charge is 0.480 e. The van der Waals surface area contributed by atoms with E-state index in [0.717, 1.165) is 10.2 Å². The van der Waals surface area contributed by atoms with Gasteiger partial charge in [0, 0.05) is 18.2 Å². The number of carboxylic acids is 1. The fourth-order valence-corrected chi connectivity index (χ4v) is 4.48. The molecule has 1 aromatic heterocycles. The maximum absolute atomic E-state index is 11.9. The number of Topliss-reactive ketones (excluding diaryl/α,β-unsaturated/α-hetero) is 1. The summed E-state index contributed by atoms with van der Waals surface area (Å²) in [4.78, 5) is 43.0. The van der Waals surface area contributed by atoms with Gasteiger partial charge in [-0.15, -0.1) is 23.1 Å². The van der Waals surface area contributed by atoms with Crippen LogP contribution in [0, 0.1) is 0 Å². The minimum Gasteiger partial charge on any atom is -0.480 e. The Morgan fingerprint density at radius 1 is 1.33 bits per heavy atom. The van der Waals surface area contributed by atoms with Crippen LogP contribution < -0.4 is 10.1 Å². The van der Waals surface area contributed by atoms with Gasteiger partial charge in [-0.3, -0.25) is 14.6 Å². The van der Waals surface area contributed by atoms with Gasteiger partial charge in [-0.05, 0) is 19.2 Å². The molecule has 142 valence electrons.